The van der Waals surface area contributed by atoms with Crippen LogP contribution in [0.2, 0.25) is 0 Å². The molecule has 1 rings (SSSR count). The third-order valence-electron chi connectivity index (χ3n) is 3.05. The molecule has 0 saturated heterocycles. The van der Waals surface area contributed by atoms with Crippen LogP contribution in [0, 0.1) is 5.92 Å². The van der Waals surface area contributed by atoms with Crippen LogP contribution in [0.5, 0.6) is 0 Å². The quantitative estimate of drug-likeness (QED) is 0.714. The Bertz CT molecular complexity index is 523. The highest BCUT2D eigenvalue weighted by Crippen LogP contribution is 2.14. The van der Waals surface area contributed by atoms with Crippen LogP contribution in [0.15, 0.2) is 24.3 Å². The Balaban J connectivity index is 2.73. The van der Waals surface area contributed by atoms with Crippen molar-refractivity contribution in [3.05, 3.63) is 35.4 Å². The lowest BCUT2D eigenvalue weighted by Gasteiger charge is -2.13. The third kappa shape index (κ3) is 4.91. The summed E-state index contributed by atoms with van der Waals surface area (Å²) in [5.41, 5.74) is -0.243. The van der Waals surface area contributed by atoms with E-state index in [0.717, 1.165) is 12.8 Å². The van der Waals surface area contributed by atoms with Crippen LogP contribution in [0.4, 0.5) is 0 Å². The highest BCUT2D eigenvalue weighted by molar-refractivity contribution is 6.02. The third-order valence-corrected chi connectivity index (χ3v) is 3.05. The smallest absolute Gasteiger partial charge is 0.339 e. The molecule has 0 radical (unpaired) electrons. The molecule has 1 aromatic carbocycles. The number of esters is 1. The summed E-state index contributed by atoms with van der Waals surface area (Å²) in [6, 6.07) is 5.66. The van der Waals surface area contributed by atoms with E-state index in [9.17, 15) is 14.4 Å². The van der Waals surface area contributed by atoms with Crippen LogP contribution in [-0.4, -0.2) is 34.7 Å². The largest absolute Gasteiger partial charge is 0.481 e. The molecule has 2 N–H and O–H groups in total. The molecule has 0 spiro atoms. The van der Waals surface area contributed by atoms with E-state index in [0.29, 0.717) is 6.42 Å². The Kier molecular flexibility index (Phi) is 6.39. The van der Waals surface area contributed by atoms with Gasteiger partial charge in [-0.3, -0.25) is 4.79 Å². The van der Waals surface area contributed by atoms with Crippen LogP contribution >= 0.6 is 0 Å². The number of carbonyl (C=O) groups excluding carboxylic acids is 1. The maximum Gasteiger partial charge on any atom is 0.339 e. The minimum absolute atomic E-state index is 0.0790. The summed E-state index contributed by atoms with van der Waals surface area (Å²) in [5.74, 6) is -3.85. The average Bonchev–Trinajstić information content (AvgIpc) is 2.46. The number of carboxylic acids is 2. The number of rotatable bonds is 8. The molecule has 1 unspecified atom stereocenters. The Morgan fingerprint density at radius 1 is 1.14 bits per heavy atom. The summed E-state index contributed by atoms with van der Waals surface area (Å²) in [5, 5.41) is 18.0. The molecule has 0 amide bonds. The lowest BCUT2D eigenvalue weighted by atomic mass is 10.0. The predicted molar refractivity (Wildman–Crippen MR) is 74.3 cm³/mol. The molecule has 0 saturated carbocycles. The molecule has 0 aliphatic carbocycles. The van der Waals surface area contributed by atoms with Crippen LogP contribution in [0.25, 0.3) is 0 Å². The standard InChI is InChI=1S/C15H18O6/c1-2-3-6-10(13(16)17)9-21-15(20)12-8-5-4-7-11(12)14(18)19/h4-5,7-8,10H,2-3,6,9H2,1H3,(H,16,17)(H,18,19). The van der Waals surface area contributed by atoms with Gasteiger partial charge in [-0.2, -0.15) is 0 Å². The molecule has 0 heterocycles. The summed E-state index contributed by atoms with van der Waals surface area (Å²) in [6.45, 7) is 1.68. The number of unbranched alkanes of at least 4 members (excludes halogenated alkanes) is 1. The van der Waals surface area contributed by atoms with Gasteiger partial charge in [0.1, 0.15) is 6.61 Å². The maximum atomic E-state index is 11.9. The van der Waals surface area contributed by atoms with E-state index in [-0.39, 0.29) is 17.7 Å². The van der Waals surface area contributed by atoms with E-state index in [1.807, 2.05) is 6.92 Å². The monoisotopic (exact) mass is 294 g/mol. The molecule has 0 aromatic heterocycles. The van der Waals surface area contributed by atoms with Gasteiger partial charge in [0.2, 0.25) is 0 Å². The van der Waals surface area contributed by atoms with E-state index < -0.39 is 23.8 Å². The summed E-state index contributed by atoms with van der Waals surface area (Å²) < 4.78 is 4.96. The molecule has 6 nitrogen and oxygen atoms in total. The molecular weight excluding hydrogens is 276 g/mol. The van der Waals surface area contributed by atoms with Gasteiger partial charge in [-0.1, -0.05) is 31.9 Å². The van der Waals surface area contributed by atoms with Gasteiger partial charge in [0, 0.05) is 0 Å². The number of ether oxygens (including phenoxy) is 1. The fourth-order valence-electron chi connectivity index (χ4n) is 1.83. The maximum absolute atomic E-state index is 11.9. The first-order valence-electron chi connectivity index (χ1n) is 6.69. The first-order chi connectivity index (χ1) is 9.97. The zero-order valence-electron chi connectivity index (χ0n) is 11.7. The molecule has 0 aliphatic heterocycles. The molecule has 114 valence electrons. The van der Waals surface area contributed by atoms with Gasteiger partial charge in [0.15, 0.2) is 0 Å². The van der Waals surface area contributed by atoms with Gasteiger partial charge in [-0.15, -0.1) is 0 Å². The van der Waals surface area contributed by atoms with E-state index >= 15 is 0 Å². The van der Waals surface area contributed by atoms with Gasteiger partial charge in [0.05, 0.1) is 17.0 Å². The second-order valence-electron chi connectivity index (χ2n) is 4.63. The van der Waals surface area contributed by atoms with Crippen LogP contribution < -0.4 is 0 Å². The van der Waals surface area contributed by atoms with E-state index in [1.165, 1.54) is 24.3 Å². The number of hydrogen-bond donors (Lipinski definition) is 2. The second kappa shape index (κ2) is 8.04. The number of aliphatic carboxylic acids is 1. The fourth-order valence-corrected chi connectivity index (χ4v) is 1.83. The Morgan fingerprint density at radius 2 is 1.76 bits per heavy atom. The molecule has 0 bridgehead atoms. The van der Waals surface area contributed by atoms with E-state index in [1.54, 1.807) is 0 Å². The van der Waals surface area contributed by atoms with Crippen molar-refractivity contribution < 1.29 is 29.3 Å². The van der Waals surface area contributed by atoms with Crippen LogP contribution in [-0.2, 0) is 9.53 Å². The highest BCUT2D eigenvalue weighted by atomic mass is 16.5. The Labute approximate surface area is 122 Å². The van der Waals surface area contributed by atoms with Gasteiger partial charge >= 0.3 is 17.9 Å². The zero-order chi connectivity index (χ0) is 15.8. The number of benzene rings is 1. The summed E-state index contributed by atoms with van der Waals surface area (Å²) in [4.78, 5) is 33.9. The van der Waals surface area contributed by atoms with E-state index in [4.69, 9.17) is 14.9 Å². The summed E-state index contributed by atoms with van der Waals surface area (Å²) >= 11 is 0. The van der Waals surface area contributed by atoms with Crippen LogP contribution in [0.1, 0.15) is 46.9 Å². The second-order valence-corrected chi connectivity index (χ2v) is 4.63. The molecule has 6 heteroatoms. The topological polar surface area (TPSA) is 101 Å². The van der Waals surface area contributed by atoms with Crippen LogP contribution in [0.3, 0.4) is 0 Å². The summed E-state index contributed by atoms with van der Waals surface area (Å²) in [6.07, 6.45) is 1.99. The average molecular weight is 294 g/mol. The predicted octanol–water partition coefficient (Wildman–Crippen LogP) is 2.43. The van der Waals surface area contributed by atoms with Crippen molar-refractivity contribution in [1.82, 2.24) is 0 Å². The van der Waals surface area contributed by atoms with Gasteiger partial charge in [-0.05, 0) is 18.6 Å². The zero-order valence-corrected chi connectivity index (χ0v) is 11.7. The molecule has 1 aromatic rings. The fraction of sp³-hybridized carbons (Fsp3) is 0.400. The number of carbonyl (C=O) groups is 3. The van der Waals surface area contributed by atoms with Crippen molar-refractivity contribution in [2.75, 3.05) is 6.61 Å². The Hall–Kier alpha value is -2.37. The van der Waals surface area contributed by atoms with E-state index in [2.05, 4.69) is 0 Å². The first kappa shape index (κ1) is 16.7. The van der Waals surface area contributed by atoms with Crippen molar-refractivity contribution in [2.24, 2.45) is 5.92 Å². The number of carboxylic acid groups (broad SMARTS) is 2. The first-order valence-corrected chi connectivity index (χ1v) is 6.69. The van der Waals surface area contributed by atoms with Crippen molar-refractivity contribution >= 4 is 17.9 Å². The normalized spacial score (nSPS) is 11.7. The van der Waals surface area contributed by atoms with Crippen molar-refractivity contribution in [1.29, 1.82) is 0 Å². The SMILES string of the molecule is CCCCC(COC(=O)c1ccccc1C(=O)O)C(=O)O. The van der Waals surface area contributed by atoms with Crippen molar-refractivity contribution in [2.45, 2.75) is 26.2 Å². The minimum Gasteiger partial charge on any atom is -0.481 e. The molecule has 0 fully saturated rings. The van der Waals surface area contributed by atoms with Crippen molar-refractivity contribution in [3.8, 4) is 0 Å². The number of aromatic carboxylic acids is 1. The van der Waals surface area contributed by atoms with Gasteiger partial charge < -0.3 is 14.9 Å². The van der Waals surface area contributed by atoms with Gasteiger partial charge in [-0.25, -0.2) is 9.59 Å². The lowest BCUT2D eigenvalue weighted by molar-refractivity contribution is -0.143. The molecule has 1 atom stereocenters. The van der Waals surface area contributed by atoms with Gasteiger partial charge in [0.25, 0.3) is 0 Å². The molecule has 21 heavy (non-hydrogen) atoms. The summed E-state index contributed by atoms with van der Waals surface area (Å²) in [7, 11) is 0. The Morgan fingerprint density at radius 3 is 2.29 bits per heavy atom. The lowest BCUT2D eigenvalue weighted by Crippen LogP contribution is -2.22. The molecule has 0 aliphatic rings. The highest BCUT2D eigenvalue weighted by Gasteiger charge is 2.22. The minimum atomic E-state index is -1.23. The van der Waals surface area contributed by atoms with Crippen molar-refractivity contribution in [3.63, 3.8) is 0 Å². The molecular formula is C15H18O6. The number of hydrogen-bond acceptors (Lipinski definition) is 4.